The van der Waals surface area contributed by atoms with Crippen LogP contribution in [0.15, 0.2) is 189 Å². The van der Waals surface area contributed by atoms with E-state index in [-0.39, 0.29) is 58.6 Å². The fourth-order valence-electron chi connectivity index (χ4n) is 8.99. The summed E-state index contributed by atoms with van der Waals surface area (Å²) in [6.07, 6.45) is -22.0. The van der Waals surface area contributed by atoms with Crippen molar-refractivity contribution in [1.82, 2.24) is 10.6 Å². The number of rotatable bonds is 22. The largest absolute Gasteiger partial charge is 0.573 e. The lowest BCUT2D eigenvalue weighted by Crippen LogP contribution is -2.44. The zero-order valence-electron chi connectivity index (χ0n) is 42.9. The van der Waals surface area contributed by atoms with Crippen molar-refractivity contribution in [2.24, 2.45) is 0 Å². The number of halogens is 12. The highest BCUT2D eigenvalue weighted by Crippen LogP contribution is 2.43. The molecule has 1 atom stereocenters. The maximum absolute atomic E-state index is 14.2. The summed E-state index contributed by atoms with van der Waals surface area (Å²) in [5, 5.41) is 5.09. The van der Waals surface area contributed by atoms with Crippen LogP contribution in [0.3, 0.4) is 0 Å². The molecule has 436 valence electrons. The van der Waals surface area contributed by atoms with Crippen LogP contribution in [0.1, 0.15) is 49.3 Å². The molecule has 0 fully saturated rings. The molecule has 0 bridgehead atoms. The van der Waals surface area contributed by atoms with Gasteiger partial charge in [0.15, 0.2) is 0 Å². The first-order valence-corrected chi connectivity index (χ1v) is 24.5. The van der Waals surface area contributed by atoms with Crippen LogP contribution in [0, 0.1) is 0 Å². The molecule has 7 aromatic carbocycles. The van der Waals surface area contributed by atoms with Gasteiger partial charge in [-0.3, -0.25) is 0 Å². The van der Waals surface area contributed by atoms with E-state index in [1.165, 1.54) is 48.5 Å². The molecule has 7 rings (SSSR count). The number of hydrogen-bond acceptors (Lipinski definition) is 10. The number of nitrogens with one attached hydrogen (secondary N) is 2. The Bertz CT molecular complexity index is 3280. The number of amides is 2. The Morgan fingerprint density at radius 1 is 0.434 bits per heavy atom. The Balaban J connectivity index is 1.15. The molecule has 12 nitrogen and oxygen atoms in total. The minimum atomic E-state index is -5.36. The predicted molar refractivity (Wildman–Crippen MR) is 273 cm³/mol. The van der Waals surface area contributed by atoms with Crippen molar-refractivity contribution in [3.8, 4) is 28.7 Å². The summed E-state index contributed by atoms with van der Waals surface area (Å²) in [5.41, 5.74) is -2.75. The Morgan fingerprint density at radius 2 is 0.855 bits per heavy atom. The molecule has 0 saturated carbocycles. The average molecular weight is 1170 g/mol. The van der Waals surface area contributed by atoms with E-state index in [9.17, 15) is 67.1 Å². The van der Waals surface area contributed by atoms with E-state index in [4.69, 9.17) is 14.2 Å². The number of benzene rings is 7. The SMILES string of the molecule is C=CCOC(=O)NCC(Cc1ccccc1)(c1cccc(OC(F)(F)F)c1)c1ccc(COC(=O)c2ccc(OC(=O)NCC(Cc3ccccc3)(c3cccc(OC(F)(F)F)c3)c3cccc(OC(F)(F)F)c3)cc2)c(OC(F)(F)F)c1. The third-order valence-electron chi connectivity index (χ3n) is 12.5. The van der Waals surface area contributed by atoms with Gasteiger partial charge in [-0.1, -0.05) is 122 Å². The quantitative estimate of drug-likeness (QED) is 0.0383. The molecular weight excluding hydrogens is 1120 g/mol. The van der Waals surface area contributed by atoms with Crippen molar-refractivity contribution in [2.75, 3.05) is 19.7 Å². The zero-order valence-corrected chi connectivity index (χ0v) is 42.9. The van der Waals surface area contributed by atoms with E-state index in [0.29, 0.717) is 11.1 Å². The van der Waals surface area contributed by atoms with Gasteiger partial charge in [0.25, 0.3) is 0 Å². The molecule has 0 aliphatic carbocycles. The first-order valence-electron chi connectivity index (χ1n) is 24.5. The van der Waals surface area contributed by atoms with Gasteiger partial charge < -0.3 is 43.8 Å². The van der Waals surface area contributed by atoms with Gasteiger partial charge in [-0.25, -0.2) is 14.4 Å². The predicted octanol–water partition coefficient (Wildman–Crippen LogP) is 14.4. The number of alkyl carbamates (subject to hydrolysis) is 1. The summed E-state index contributed by atoms with van der Waals surface area (Å²) in [6, 6.07) is 38.3. The highest BCUT2D eigenvalue weighted by atomic mass is 19.4. The molecular formula is C59H46F12N2O10. The van der Waals surface area contributed by atoms with Crippen LogP contribution in [0.4, 0.5) is 62.3 Å². The third-order valence-corrected chi connectivity index (χ3v) is 12.5. The molecule has 0 saturated heterocycles. The average Bonchev–Trinajstić information content (AvgIpc) is 3.16. The van der Waals surface area contributed by atoms with Crippen LogP contribution < -0.4 is 34.3 Å². The number of carbonyl (C=O) groups is 3. The molecule has 0 radical (unpaired) electrons. The first-order chi connectivity index (χ1) is 39.2. The topological polar surface area (TPSA) is 140 Å². The number of alkyl halides is 12. The smallest absolute Gasteiger partial charge is 0.457 e. The number of ether oxygens (including phenoxy) is 7. The first kappa shape index (κ1) is 61.3. The maximum Gasteiger partial charge on any atom is 0.573 e. The number of carbonyl (C=O) groups excluding carboxylic acids is 3. The molecule has 0 aromatic heterocycles. The summed E-state index contributed by atoms with van der Waals surface area (Å²) >= 11 is 0. The second kappa shape index (κ2) is 26.1. The molecule has 24 heteroatoms. The second-order valence-electron chi connectivity index (χ2n) is 18.2. The Morgan fingerprint density at radius 3 is 1.28 bits per heavy atom. The number of hydrogen-bond donors (Lipinski definition) is 2. The fourth-order valence-corrected chi connectivity index (χ4v) is 8.99. The van der Waals surface area contributed by atoms with Gasteiger partial charge in [-0.05, 0) is 113 Å². The van der Waals surface area contributed by atoms with Crippen molar-refractivity contribution in [1.29, 1.82) is 0 Å². The Labute approximate surface area is 465 Å². The summed E-state index contributed by atoms with van der Waals surface area (Å²) in [7, 11) is 0. The van der Waals surface area contributed by atoms with Crippen molar-refractivity contribution in [2.45, 2.75) is 55.7 Å². The van der Waals surface area contributed by atoms with Gasteiger partial charge in [0.1, 0.15) is 42.0 Å². The lowest BCUT2D eigenvalue weighted by atomic mass is 9.70. The minimum Gasteiger partial charge on any atom is -0.457 e. The van der Waals surface area contributed by atoms with Gasteiger partial charge in [0.2, 0.25) is 0 Å². The number of esters is 1. The van der Waals surface area contributed by atoms with Gasteiger partial charge in [0, 0.05) is 29.5 Å². The second-order valence-corrected chi connectivity index (χ2v) is 18.2. The van der Waals surface area contributed by atoms with E-state index < -0.39 is 97.1 Å². The van der Waals surface area contributed by atoms with Crippen molar-refractivity contribution >= 4 is 18.2 Å². The molecule has 83 heavy (non-hydrogen) atoms. The molecule has 2 amide bonds. The van der Waals surface area contributed by atoms with Crippen molar-refractivity contribution in [3.63, 3.8) is 0 Å². The molecule has 2 N–H and O–H groups in total. The zero-order chi connectivity index (χ0) is 60.1. The van der Waals surface area contributed by atoms with E-state index in [1.807, 2.05) is 0 Å². The summed E-state index contributed by atoms with van der Waals surface area (Å²) in [4.78, 5) is 39.9. The molecule has 7 aromatic rings. The highest BCUT2D eigenvalue weighted by molar-refractivity contribution is 5.89. The minimum absolute atomic E-state index is 0.0279. The Hall–Kier alpha value is -9.35. The van der Waals surface area contributed by atoms with Gasteiger partial charge in [-0.2, -0.15) is 0 Å². The van der Waals surface area contributed by atoms with Crippen LogP contribution in [-0.2, 0) is 39.8 Å². The van der Waals surface area contributed by atoms with Crippen LogP contribution in [0.5, 0.6) is 28.7 Å². The van der Waals surface area contributed by atoms with E-state index in [2.05, 4.69) is 36.2 Å². The van der Waals surface area contributed by atoms with E-state index >= 15 is 0 Å². The van der Waals surface area contributed by atoms with Crippen LogP contribution in [0.2, 0.25) is 0 Å². The van der Waals surface area contributed by atoms with Gasteiger partial charge in [-0.15, -0.1) is 52.7 Å². The molecule has 0 spiro atoms. The fraction of sp³-hybridized carbons (Fsp3) is 0.203. The summed E-state index contributed by atoms with van der Waals surface area (Å²) in [6.45, 7) is 1.35. The molecule has 0 aliphatic heterocycles. The van der Waals surface area contributed by atoms with Crippen LogP contribution in [-0.4, -0.2) is 63.3 Å². The van der Waals surface area contributed by atoms with Crippen LogP contribution >= 0.6 is 0 Å². The van der Waals surface area contributed by atoms with E-state index in [0.717, 1.165) is 72.8 Å². The van der Waals surface area contributed by atoms with E-state index in [1.54, 1.807) is 60.7 Å². The Kier molecular flexibility index (Phi) is 19.2. The summed E-state index contributed by atoms with van der Waals surface area (Å²) < 4.78 is 197. The van der Waals surface area contributed by atoms with Gasteiger partial charge in [0.05, 0.1) is 5.56 Å². The molecule has 0 aliphatic rings. The molecule has 0 heterocycles. The maximum atomic E-state index is 14.2. The monoisotopic (exact) mass is 1170 g/mol. The third kappa shape index (κ3) is 17.8. The van der Waals surface area contributed by atoms with Gasteiger partial charge >= 0.3 is 43.6 Å². The summed E-state index contributed by atoms with van der Waals surface area (Å²) in [5.74, 6) is -4.26. The van der Waals surface area contributed by atoms with Crippen molar-refractivity contribution in [3.05, 3.63) is 233 Å². The lowest BCUT2D eigenvalue weighted by molar-refractivity contribution is -0.276. The standard InChI is InChI=1S/C59H46F12N2O10/c1-2-28-77-52(75)72-36-55(34-39-14-7-4-8-15-39,44-18-11-21-49(31-44)82-58(66,67)68)45-25-22-41(50(32-45)83-59(69,70)71)35-78-51(74)40-23-26-46(27-24-40)79-53(76)73-37-54(33-38-12-5-3-6-13-38,42-16-9-19-47(29-42)80-56(60,61)62)43-17-10-20-48(30-43)81-57(63,64)65/h2-27,29-32H,1,28,33-37H2,(H,72,75)(H,73,76). The lowest BCUT2D eigenvalue weighted by Gasteiger charge is -2.36. The molecule has 1 unspecified atom stereocenters. The van der Waals surface area contributed by atoms with Crippen molar-refractivity contribution < 1.29 is 100 Å². The highest BCUT2D eigenvalue weighted by Gasteiger charge is 2.41. The van der Waals surface area contributed by atoms with Crippen LogP contribution in [0.25, 0.3) is 0 Å². The normalized spacial score (nSPS) is 12.7.